The molecular formula is C16H36N2. The molecule has 2 heteroatoms. The minimum atomic E-state index is 0.409. The van der Waals surface area contributed by atoms with Crippen LogP contribution in [0.25, 0.3) is 0 Å². The minimum Gasteiger partial charge on any atom is -0.304 e. The summed E-state index contributed by atoms with van der Waals surface area (Å²) in [5.41, 5.74) is 0.409. The Morgan fingerprint density at radius 3 is 2.00 bits per heavy atom. The van der Waals surface area contributed by atoms with Crippen LogP contribution in [0, 0.1) is 5.41 Å². The second-order valence-electron chi connectivity index (χ2n) is 6.57. The average Bonchev–Trinajstić information content (AvgIpc) is 2.27. The van der Waals surface area contributed by atoms with E-state index in [1.807, 2.05) is 0 Å². The second kappa shape index (κ2) is 8.92. The van der Waals surface area contributed by atoms with Gasteiger partial charge in [0.15, 0.2) is 0 Å². The fraction of sp³-hybridized carbons (Fsp3) is 1.00. The van der Waals surface area contributed by atoms with Gasteiger partial charge in [0.2, 0.25) is 0 Å². The van der Waals surface area contributed by atoms with Crippen LogP contribution in [0.1, 0.15) is 60.8 Å². The predicted octanol–water partition coefficient (Wildman–Crippen LogP) is 3.86. The smallest absolute Gasteiger partial charge is 0.00694 e. The topological polar surface area (TPSA) is 6.48 Å². The van der Waals surface area contributed by atoms with E-state index in [1.54, 1.807) is 0 Å². The molecule has 0 aliphatic rings. The molecule has 1 atom stereocenters. The van der Waals surface area contributed by atoms with Crippen molar-refractivity contribution < 1.29 is 0 Å². The fourth-order valence-corrected chi connectivity index (χ4v) is 2.86. The van der Waals surface area contributed by atoms with Gasteiger partial charge in [0.05, 0.1) is 0 Å². The maximum atomic E-state index is 2.59. The van der Waals surface area contributed by atoms with Crippen molar-refractivity contribution in [1.82, 2.24) is 9.80 Å². The Morgan fingerprint density at radius 1 is 1.00 bits per heavy atom. The summed E-state index contributed by atoms with van der Waals surface area (Å²) in [5, 5.41) is 0. The van der Waals surface area contributed by atoms with Gasteiger partial charge in [0, 0.05) is 12.6 Å². The highest BCUT2D eigenvalue weighted by Crippen LogP contribution is 2.25. The highest BCUT2D eigenvalue weighted by molar-refractivity contribution is 4.79. The largest absolute Gasteiger partial charge is 0.304 e. The normalized spacial score (nSPS) is 14.5. The number of nitrogens with zero attached hydrogens (tertiary/aromatic N) is 2. The lowest BCUT2D eigenvalue weighted by molar-refractivity contribution is 0.130. The lowest BCUT2D eigenvalue weighted by Crippen LogP contribution is -2.40. The zero-order chi connectivity index (χ0) is 14.2. The van der Waals surface area contributed by atoms with Crippen molar-refractivity contribution in [1.29, 1.82) is 0 Å². The van der Waals surface area contributed by atoms with Gasteiger partial charge in [-0.3, -0.25) is 0 Å². The molecule has 0 rings (SSSR count). The van der Waals surface area contributed by atoms with E-state index >= 15 is 0 Å². The summed E-state index contributed by atoms with van der Waals surface area (Å²) in [6.45, 7) is 18.9. The second-order valence-corrected chi connectivity index (χ2v) is 6.57. The third kappa shape index (κ3) is 7.38. The minimum absolute atomic E-state index is 0.409. The zero-order valence-electron chi connectivity index (χ0n) is 13.9. The van der Waals surface area contributed by atoms with Crippen LogP contribution in [0.3, 0.4) is 0 Å². The van der Waals surface area contributed by atoms with Gasteiger partial charge >= 0.3 is 0 Å². The third-order valence-corrected chi connectivity index (χ3v) is 3.82. The van der Waals surface area contributed by atoms with Crippen molar-refractivity contribution >= 4 is 0 Å². The van der Waals surface area contributed by atoms with E-state index in [9.17, 15) is 0 Å². The van der Waals surface area contributed by atoms with Crippen molar-refractivity contribution in [3.8, 4) is 0 Å². The van der Waals surface area contributed by atoms with E-state index < -0.39 is 0 Å². The summed E-state index contributed by atoms with van der Waals surface area (Å²) < 4.78 is 0. The average molecular weight is 256 g/mol. The van der Waals surface area contributed by atoms with E-state index in [-0.39, 0.29) is 0 Å². The molecule has 0 aliphatic carbocycles. The monoisotopic (exact) mass is 256 g/mol. The van der Waals surface area contributed by atoms with Gasteiger partial charge in [-0.15, -0.1) is 0 Å². The highest BCUT2D eigenvalue weighted by Gasteiger charge is 2.24. The van der Waals surface area contributed by atoms with Crippen molar-refractivity contribution in [2.75, 3.05) is 33.2 Å². The van der Waals surface area contributed by atoms with E-state index in [2.05, 4.69) is 58.4 Å². The number of hydrogen-bond acceptors (Lipinski definition) is 2. The molecule has 0 bridgehead atoms. The van der Waals surface area contributed by atoms with Crippen molar-refractivity contribution in [3.63, 3.8) is 0 Å². The molecule has 0 aliphatic heterocycles. The molecule has 2 nitrogen and oxygen atoms in total. The Labute approximate surface area is 116 Å². The predicted molar refractivity (Wildman–Crippen MR) is 83.2 cm³/mol. The maximum Gasteiger partial charge on any atom is 0.00694 e. The first-order valence-corrected chi connectivity index (χ1v) is 7.78. The third-order valence-electron chi connectivity index (χ3n) is 3.82. The molecule has 0 aromatic rings. The molecule has 0 spiro atoms. The van der Waals surface area contributed by atoms with Gasteiger partial charge in [-0.2, -0.15) is 0 Å². The lowest BCUT2D eigenvalue weighted by atomic mass is 9.85. The van der Waals surface area contributed by atoms with Gasteiger partial charge in [-0.05, 0) is 58.3 Å². The molecule has 110 valence electrons. The lowest BCUT2D eigenvalue weighted by Gasteiger charge is -2.36. The molecule has 1 unspecified atom stereocenters. The Balaban J connectivity index is 4.26. The Bertz CT molecular complexity index is 201. The Morgan fingerprint density at radius 2 is 1.56 bits per heavy atom. The summed E-state index contributed by atoms with van der Waals surface area (Å²) in [4.78, 5) is 5.09. The van der Waals surface area contributed by atoms with Gasteiger partial charge < -0.3 is 9.80 Å². The van der Waals surface area contributed by atoms with Gasteiger partial charge in [-0.1, -0.05) is 34.6 Å². The molecule has 0 aromatic carbocycles. The molecule has 18 heavy (non-hydrogen) atoms. The van der Waals surface area contributed by atoms with E-state index in [0.717, 1.165) is 0 Å². The van der Waals surface area contributed by atoms with Gasteiger partial charge in [-0.25, -0.2) is 0 Å². The summed E-state index contributed by atoms with van der Waals surface area (Å²) >= 11 is 0. The SMILES string of the molecule is CCCN(CC)CC(C)(C)CC(C)N(C)CCC. The Hall–Kier alpha value is -0.0800. The first-order valence-electron chi connectivity index (χ1n) is 7.78. The van der Waals surface area contributed by atoms with Crippen LogP contribution in [-0.2, 0) is 0 Å². The highest BCUT2D eigenvalue weighted by atomic mass is 15.1. The maximum absolute atomic E-state index is 2.59. The summed E-state index contributed by atoms with van der Waals surface area (Å²) in [7, 11) is 2.26. The van der Waals surface area contributed by atoms with Crippen molar-refractivity contribution in [2.45, 2.75) is 66.8 Å². The molecule has 0 fully saturated rings. The fourth-order valence-electron chi connectivity index (χ4n) is 2.86. The quantitative estimate of drug-likeness (QED) is 0.585. The van der Waals surface area contributed by atoms with Crippen LogP contribution in [0.15, 0.2) is 0 Å². The van der Waals surface area contributed by atoms with Gasteiger partial charge in [0.1, 0.15) is 0 Å². The zero-order valence-corrected chi connectivity index (χ0v) is 13.9. The molecule has 0 amide bonds. The summed E-state index contributed by atoms with van der Waals surface area (Å²) in [5.74, 6) is 0. The van der Waals surface area contributed by atoms with Gasteiger partial charge in [0.25, 0.3) is 0 Å². The Kier molecular flexibility index (Phi) is 8.89. The molecule has 0 aromatic heterocycles. The van der Waals surface area contributed by atoms with Crippen LogP contribution in [-0.4, -0.2) is 49.1 Å². The molecule has 0 radical (unpaired) electrons. The first-order chi connectivity index (χ1) is 8.36. The molecule has 0 heterocycles. The van der Waals surface area contributed by atoms with Crippen LogP contribution in [0.2, 0.25) is 0 Å². The van der Waals surface area contributed by atoms with Crippen molar-refractivity contribution in [2.24, 2.45) is 5.41 Å². The van der Waals surface area contributed by atoms with E-state index in [4.69, 9.17) is 0 Å². The summed E-state index contributed by atoms with van der Waals surface area (Å²) in [6, 6.07) is 0.681. The van der Waals surface area contributed by atoms with Crippen LogP contribution < -0.4 is 0 Å². The van der Waals surface area contributed by atoms with Crippen LogP contribution in [0.4, 0.5) is 0 Å². The van der Waals surface area contributed by atoms with Crippen molar-refractivity contribution in [3.05, 3.63) is 0 Å². The standard InChI is InChI=1S/C16H36N2/c1-8-11-17(7)15(4)13-16(5,6)14-18(10-3)12-9-2/h15H,8-14H2,1-7H3. The van der Waals surface area contributed by atoms with Crippen LogP contribution in [0.5, 0.6) is 0 Å². The first kappa shape index (κ1) is 17.9. The number of rotatable bonds is 10. The molecule has 0 saturated heterocycles. The van der Waals surface area contributed by atoms with Crippen LogP contribution >= 0.6 is 0 Å². The van der Waals surface area contributed by atoms with E-state index in [1.165, 1.54) is 45.4 Å². The summed E-state index contributed by atoms with van der Waals surface area (Å²) in [6.07, 6.45) is 3.79. The molecular weight excluding hydrogens is 220 g/mol. The molecule has 0 saturated carbocycles. The molecule has 0 N–H and O–H groups in total. The number of hydrogen-bond donors (Lipinski definition) is 0. The van der Waals surface area contributed by atoms with E-state index in [0.29, 0.717) is 11.5 Å².